The van der Waals surface area contributed by atoms with E-state index in [1.165, 1.54) is 12.1 Å². The summed E-state index contributed by atoms with van der Waals surface area (Å²) in [5, 5.41) is 15.6. The molecule has 0 radical (unpaired) electrons. The van der Waals surface area contributed by atoms with Gasteiger partial charge in [-0.1, -0.05) is 18.2 Å². The van der Waals surface area contributed by atoms with Gasteiger partial charge in [-0.05, 0) is 56.2 Å². The van der Waals surface area contributed by atoms with E-state index >= 15 is 0 Å². The number of nitro benzene ring substituents is 1. The number of hydrogen-bond donors (Lipinski definition) is 0. The minimum absolute atomic E-state index is 0.0733. The second-order valence-corrected chi connectivity index (χ2v) is 7.46. The van der Waals surface area contributed by atoms with Crippen LogP contribution in [-0.2, 0) is 13.7 Å². The van der Waals surface area contributed by atoms with Gasteiger partial charge in [0.2, 0.25) is 0 Å². The molecule has 0 N–H and O–H groups in total. The highest BCUT2D eigenvalue weighted by Gasteiger charge is 2.17. The summed E-state index contributed by atoms with van der Waals surface area (Å²) in [4.78, 5) is 23.5. The van der Waals surface area contributed by atoms with E-state index in [1.54, 1.807) is 50.0 Å². The van der Waals surface area contributed by atoms with Crippen molar-refractivity contribution in [3.63, 3.8) is 0 Å². The Morgan fingerprint density at radius 3 is 2.53 bits per heavy atom. The molecular formula is C24H25N3O5. The third-order valence-electron chi connectivity index (χ3n) is 5.18. The molecule has 3 rings (SSSR count). The Hall–Kier alpha value is -3.94. The van der Waals surface area contributed by atoms with Crippen molar-refractivity contribution < 1.29 is 19.2 Å². The Morgan fingerprint density at radius 2 is 1.91 bits per heavy atom. The lowest BCUT2D eigenvalue weighted by Crippen LogP contribution is -2.02. The van der Waals surface area contributed by atoms with E-state index in [0.717, 1.165) is 16.8 Å². The molecule has 1 aromatic heterocycles. The first kappa shape index (κ1) is 22.7. The molecule has 0 aliphatic carbocycles. The molecule has 0 unspecified atom stereocenters. The van der Waals surface area contributed by atoms with E-state index < -0.39 is 4.92 Å². The average Bonchev–Trinajstić information content (AvgIpc) is 3.01. The summed E-state index contributed by atoms with van der Waals surface area (Å²) in [6.45, 7) is 5.57. The molecular weight excluding hydrogens is 410 g/mol. The van der Waals surface area contributed by atoms with Crippen LogP contribution in [0.5, 0.6) is 11.5 Å². The minimum Gasteiger partial charge on any atom is -0.496 e. The third-order valence-corrected chi connectivity index (χ3v) is 5.18. The van der Waals surface area contributed by atoms with Gasteiger partial charge in [0, 0.05) is 24.4 Å². The Kier molecular flexibility index (Phi) is 6.73. The zero-order valence-corrected chi connectivity index (χ0v) is 18.7. The van der Waals surface area contributed by atoms with E-state index in [4.69, 9.17) is 9.47 Å². The number of allylic oxidation sites excluding steroid dienone is 1. The van der Waals surface area contributed by atoms with Crippen LogP contribution in [0.4, 0.5) is 5.69 Å². The standard InChI is InChI=1S/C24H25N3O5/c1-15-6-9-20(27(29)30)23(12-15)32-14-19-13-18(8-11-22(19)31-5)7-10-21(28)24-16(2)25-26(4)17(24)3/h6-13H,14H2,1-5H3/b10-7+. The van der Waals surface area contributed by atoms with Crippen molar-refractivity contribution in [2.24, 2.45) is 7.05 Å². The van der Waals surface area contributed by atoms with Gasteiger partial charge in [-0.3, -0.25) is 19.6 Å². The second-order valence-electron chi connectivity index (χ2n) is 7.46. The number of ether oxygens (including phenoxy) is 2. The lowest BCUT2D eigenvalue weighted by molar-refractivity contribution is -0.386. The number of nitrogens with zero attached hydrogens (tertiary/aromatic N) is 3. The van der Waals surface area contributed by atoms with E-state index in [0.29, 0.717) is 22.6 Å². The van der Waals surface area contributed by atoms with Crippen LogP contribution < -0.4 is 9.47 Å². The number of hydrogen-bond acceptors (Lipinski definition) is 6. The van der Waals surface area contributed by atoms with Crippen molar-refractivity contribution in [1.82, 2.24) is 9.78 Å². The molecule has 0 saturated carbocycles. The molecule has 3 aromatic rings. The predicted molar refractivity (Wildman–Crippen MR) is 121 cm³/mol. The zero-order chi connectivity index (χ0) is 23.4. The molecule has 1 heterocycles. The molecule has 2 aromatic carbocycles. The monoisotopic (exact) mass is 435 g/mol. The fourth-order valence-electron chi connectivity index (χ4n) is 3.44. The third kappa shape index (κ3) is 4.85. The number of benzene rings is 2. The van der Waals surface area contributed by atoms with Crippen LogP contribution in [0.3, 0.4) is 0 Å². The number of carbonyl (C=O) groups excluding carboxylic acids is 1. The highest BCUT2D eigenvalue weighted by molar-refractivity contribution is 6.08. The largest absolute Gasteiger partial charge is 0.496 e. The summed E-state index contributed by atoms with van der Waals surface area (Å²) in [6, 6.07) is 10.1. The van der Waals surface area contributed by atoms with E-state index in [9.17, 15) is 14.9 Å². The van der Waals surface area contributed by atoms with Gasteiger partial charge in [-0.25, -0.2) is 0 Å². The molecule has 0 saturated heterocycles. The predicted octanol–water partition coefficient (Wildman–Crippen LogP) is 4.74. The maximum absolute atomic E-state index is 12.7. The fourth-order valence-corrected chi connectivity index (χ4v) is 3.44. The van der Waals surface area contributed by atoms with Crippen LogP contribution in [0.15, 0.2) is 42.5 Å². The highest BCUT2D eigenvalue weighted by atomic mass is 16.6. The van der Waals surface area contributed by atoms with Gasteiger partial charge in [-0.2, -0.15) is 5.10 Å². The SMILES string of the molecule is COc1ccc(/C=C/C(=O)c2c(C)nn(C)c2C)cc1COc1cc(C)ccc1[N+](=O)[O-]. The van der Waals surface area contributed by atoms with Crippen LogP contribution in [0.1, 0.15) is 38.4 Å². The first-order valence-corrected chi connectivity index (χ1v) is 9.98. The van der Waals surface area contributed by atoms with Crippen LogP contribution in [0.2, 0.25) is 0 Å². The van der Waals surface area contributed by atoms with Crippen molar-refractivity contribution in [3.8, 4) is 11.5 Å². The average molecular weight is 435 g/mol. The van der Waals surface area contributed by atoms with Crippen molar-refractivity contribution >= 4 is 17.5 Å². The highest BCUT2D eigenvalue weighted by Crippen LogP contribution is 2.30. The summed E-state index contributed by atoms with van der Waals surface area (Å²) >= 11 is 0. The van der Waals surface area contributed by atoms with Crippen molar-refractivity contribution in [2.45, 2.75) is 27.4 Å². The van der Waals surface area contributed by atoms with Crippen LogP contribution in [-0.4, -0.2) is 27.6 Å². The summed E-state index contributed by atoms with van der Waals surface area (Å²) in [6.07, 6.45) is 3.22. The first-order chi connectivity index (χ1) is 15.2. The van der Waals surface area contributed by atoms with Gasteiger partial charge in [0.1, 0.15) is 12.4 Å². The van der Waals surface area contributed by atoms with E-state index in [-0.39, 0.29) is 23.8 Å². The summed E-state index contributed by atoms with van der Waals surface area (Å²) in [5.74, 6) is 0.649. The van der Waals surface area contributed by atoms with Crippen LogP contribution >= 0.6 is 0 Å². The maximum atomic E-state index is 12.7. The van der Waals surface area contributed by atoms with Crippen molar-refractivity contribution in [1.29, 1.82) is 0 Å². The van der Waals surface area contributed by atoms with Crippen LogP contribution in [0, 0.1) is 30.9 Å². The number of ketones is 1. The van der Waals surface area contributed by atoms with Crippen molar-refractivity contribution in [2.75, 3.05) is 7.11 Å². The Morgan fingerprint density at radius 1 is 1.16 bits per heavy atom. The van der Waals surface area contributed by atoms with Crippen molar-refractivity contribution in [3.05, 3.63) is 86.2 Å². The van der Waals surface area contributed by atoms with Gasteiger partial charge in [0.15, 0.2) is 11.5 Å². The number of aryl methyl sites for hydroxylation is 3. The Balaban J connectivity index is 1.83. The number of aromatic nitrogens is 2. The van der Waals surface area contributed by atoms with Gasteiger partial charge >= 0.3 is 5.69 Å². The molecule has 0 spiro atoms. The first-order valence-electron chi connectivity index (χ1n) is 9.98. The number of nitro groups is 1. The molecule has 0 atom stereocenters. The number of methoxy groups -OCH3 is 1. The molecule has 0 aliphatic heterocycles. The van der Waals surface area contributed by atoms with Crippen LogP contribution in [0.25, 0.3) is 6.08 Å². The smallest absolute Gasteiger partial charge is 0.310 e. The molecule has 8 heteroatoms. The van der Waals surface area contributed by atoms with E-state index in [2.05, 4.69) is 5.10 Å². The molecule has 0 fully saturated rings. The second kappa shape index (κ2) is 9.47. The quantitative estimate of drug-likeness (QED) is 0.219. The summed E-state index contributed by atoms with van der Waals surface area (Å²) in [7, 11) is 3.35. The van der Waals surface area contributed by atoms with Gasteiger partial charge < -0.3 is 9.47 Å². The molecule has 0 bridgehead atoms. The minimum atomic E-state index is -0.473. The number of rotatable bonds is 8. The normalized spacial score (nSPS) is 11.0. The molecule has 32 heavy (non-hydrogen) atoms. The summed E-state index contributed by atoms with van der Waals surface area (Å²) < 4.78 is 12.9. The fraction of sp³-hybridized carbons (Fsp3) is 0.250. The van der Waals surface area contributed by atoms with Gasteiger partial charge in [0.05, 0.1) is 23.3 Å². The lowest BCUT2D eigenvalue weighted by Gasteiger charge is -2.12. The topological polar surface area (TPSA) is 96.5 Å². The Labute approximate surface area is 186 Å². The molecule has 0 aliphatic rings. The molecule has 8 nitrogen and oxygen atoms in total. The number of carbonyl (C=O) groups is 1. The summed E-state index contributed by atoms with van der Waals surface area (Å²) in [5.41, 5.74) is 4.31. The molecule has 166 valence electrons. The molecule has 0 amide bonds. The zero-order valence-electron chi connectivity index (χ0n) is 18.7. The van der Waals surface area contributed by atoms with E-state index in [1.807, 2.05) is 26.0 Å². The Bertz CT molecular complexity index is 1210. The van der Waals surface area contributed by atoms with Gasteiger partial charge in [0.25, 0.3) is 0 Å². The van der Waals surface area contributed by atoms with Gasteiger partial charge in [-0.15, -0.1) is 0 Å². The lowest BCUT2D eigenvalue weighted by atomic mass is 10.1. The maximum Gasteiger partial charge on any atom is 0.310 e.